The Morgan fingerprint density at radius 1 is 1.45 bits per heavy atom. The lowest BCUT2D eigenvalue weighted by Crippen LogP contribution is -2.55. The van der Waals surface area contributed by atoms with Crippen LogP contribution in [0.5, 0.6) is 5.75 Å². The SMILES string of the molecule is COc1ccc(C(=O)N[C@@H]2COC[C@@H](O)[C@H]2O)cc1F. The third-order valence-corrected chi connectivity index (χ3v) is 3.12. The Morgan fingerprint density at radius 3 is 2.85 bits per heavy atom. The van der Waals surface area contributed by atoms with E-state index in [9.17, 15) is 19.4 Å². The number of rotatable bonds is 3. The molecule has 3 atom stereocenters. The smallest absolute Gasteiger partial charge is 0.251 e. The number of carbonyl (C=O) groups is 1. The summed E-state index contributed by atoms with van der Waals surface area (Å²) in [4.78, 5) is 12.0. The molecule has 1 fully saturated rings. The average Bonchev–Trinajstić information content (AvgIpc) is 2.43. The van der Waals surface area contributed by atoms with Crippen LogP contribution < -0.4 is 10.1 Å². The maximum Gasteiger partial charge on any atom is 0.251 e. The van der Waals surface area contributed by atoms with Crippen LogP contribution in [0.1, 0.15) is 10.4 Å². The lowest BCUT2D eigenvalue weighted by Gasteiger charge is -2.32. The Labute approximate surface area is 115 Å². The molecule has 1 amide bonds. The van der Waals surface area contributed by atoms with Crippen molar-refractivity contribution in [1.82, 2.24) is 5.32 Å². The van der Waals surface area contributed by atoms with Crippen LogP contribution >= 0.6 is 0 Å². The minimum Gasteiger partial charge on any atom is -0.494 e. The van der Waals surface area contributed by atoms with Crippen LogP contribution in [0.15, 0.2) is 18.2 Å². The first-order chi connectivity index (χ1) is 9.52. The molecule has 1 heterocycles. The Morgan fingerprint density at radius 2 is 2.20 bits per heavy atom. The van der Waals surface area contributed by atoms with Crippen molar-refractivity contribution in [3.63, 3.8) is 0 Å². The number of benzene rings is 1. The first-order valence-electron chi connectivity index (χ1n) is 6.11. The van der Waals surface area contributed by atoms with E-state index < -0.39 is 30.0 Å². The van der Waals surface area contributed by atoms with Crippen molar-refractivity contribution in [2.24, 2.45) is 0 Å². The highest BCUT2D eigenvalue weighted by molar-refractivity contribution is 5.94. The zero-order valence-electron chi connectivity index (χ0n) is 10.9. The van der Waals surface area contributed by atoms with Crippen LogP contribution in [-0.4, -0.2) is 54.7 Å². The van der Waals surface area contributed by atoms with E-state index in [0.717, 1.165) is 6.07 Å². The fourth-order valence-electron chi connectivity index (χ4n) is 1.97. The van der Waals surface area contributed by atoms with Gasteiger partial charge in [-0.1, -0.05) is 0 Å². The van der Waals surface area contributed by atoms with Gasteiger partial charge in [0.15, 0.2) is 11.6 Å². The van der Waals surface area contributed by atoms with Gasteiger partial charge in [-0.15, -0.1) is 0 Å². The van der Waals surface area contributed by atoms with E-state index in [1.54, 1.807) is 0 Å². The first kappa shape index (κ1) is 14.7. The molecule has 0 aliphatic carbocycles. The van der Waals surface area contributed by atoms with Crippen LogP contribution in [0.25, 0.3) is 0 Å². The standard InChI is InChI=1S/C13H16FNO5/c1-19-11-3-2-7(4-8(11)14)13(18)15-9-5-20-6-10(16)12(9)17/h2-4,9-10,12,16-17H,5-6H2,1H3,(H,15,18)/t9-,10-,12+/m1/s1. The monoisotopic (exact) mass is 285 g/mol. The van der Waals surface area contributed by atoms with Crippen molar-refractivity contribution in [2.75, 3.05) is 20.3 Å². The Bertz CT molecular complexity index is 496. The average molecular weight is 285 g/mol. The maximum absolute atomic E-state index is 13.5. The highest BCUT2D eigenvalue weighted by Gasteiger charge is 2.32. The summed E-state index contributed by atoms with van der Waals surface area (Å²) in [5.74, 6) is -1.17. The van der Waals surface area contributed by atoms with Gasteiger partial charge in [-0.2, -0.15) is 0 Å². The molecule has 1 saturated heterocycles. The molecule has 0 saturated carbocycles. The first-order valence-corrected chi connectivity index (χ1v) is 6.11. The fourth-order valence-corrected chi connectivity index (χ4v) is 1.97. The second kappa shape index (κ2) is 6.17. The molecule has 3 N–H and O–H groups in total. The quantitative estimate of drug-likeness (QED) is 0.709. The van der Waals surface area contributed by atoms with Gasteiger partial charge >= 0.3 is 0 Å². The van der Waals surface area contributed by atoms with Gasteiger partial charge in [0, 0.05) is 5.56 Å². The van der Waals surface area contributed by atoms with E-state index >= 15 is 0 Å². The minimum atomic E-state index is -1.12. The zero-order valence-corrected chi connectivity index (χ0v) is 10.9. The van der Waals surface area contributed by atoms with Crippen molar-refractivity contribution in [1.29, 1.82) is 0 Å². The summed E-state index contributed by atoms with van der Waals surface area (Å²) in [5, 5.41) is 21.7. The molecular formula is C13H16FNO5. The third-order valence-electron chi connectivity index (χ3n) is 3.12. The van der Waals surface area contributed by atoms with Gasteiger partial charge in [-0.25, -0.2) is 4.39 Å². The molecule has 1 aliphatic rings. The lowest BCUT2D eigenvalue weighted by atomic mass is 10.0. The molecule has 6 nitrogen and oxygen atoms in total. The van der Waals surface area contributed by atoms with Crippen LogP contribution in [0.3, 0.4) is 0 Å². The molecule has 7 heteroatoms. The summed E-state index contributed by atoms with van der Waals surface area (Å²) in [7, 11) is 1.33. The van der Waals surface area contributed by atoms with Gasteiger partial charge in [0.1, 0.15) is 12.2 Å². The summed E-state index contributed by atoms with van der Waals surface area (Å²) < 4.78 is 23.3. The number of hydrogen-bond donors (Lipinski definition) is 3. The summed E-state index contributed by atoms with van der Waals surface area (Å²) in [6, 6.07) is 3.05. The second-order valence-corrected chi connectivity index (χ2v) is 4.52. The number of aliphatic hydroxyl groups excluding tert-OH is 2. The Balaban J connectivity index is 2.06. The molecule has 0 unspecified atom stereocenters. The third kappa shape index (κ3) is 3.06. The summed E-state index contributed by atoms with van der Waals surface area (Å²) in [6.07, 6.45) is -2.17. The van der Waals surface area contributed by atoms with Crippen molar-refractivity contribution >= 4 is 5.91 Å². The number of nitrogens with one attached hydrogen (secondary N) is 1. The molecule has 1 aromatic rings. The number of amides is 1. The van der Waals surface area contributed by atoms with Gasteiger partial charge in [0.2, 0.25) is 0 Å². The summed E-state index contributed by atoms with van der Waals surface area (Å²) in [5.41, 5.74) is 0.0931. The van der Waals surface area contributed by atoms with Crippen molar-refractivity contribution in [3.8, 4) is 5.75 Å². The highest BCUT2D eigenvalue weighted by Crippen LogP contribution is 2.18. The van der Waals surface area contributed by atoms with Gasteiger partial charge in [0.05, 0.1) is 26.4 Å². The van der Waals surface area contributed by atoms with E-state index in [1.165, 1.54) is 19.2 Å². The van der Waals surface area contributed by atoms with E-state index in [0.29, 0.717) is 0 Å². The molecule has 20 heavy (non-hydrogen) atoms. The van der Waals surface area contributed by atoms with Gasteiger partial charge in [0.25, 0.3) is 5.91 Å². The predicted octanol–water partition coefficient (Wildman–Crippen LogP) is -0.315. The lowest BCUT2D eigenvalue weighted by molar-refractivity contribution is -0.102. The molecule has 1 aliphatic heterocycles. The predicted molar refractivity (Wildman–Crippen MR) is 67.0 cm³/mol. The number of carbonyl (C=O) groups excluding carboxylic acids is 1. The summed E-state index contributed by atoms with van der Waals surface area (Å²) in [6.45, 7) is 0.104. The van der Waals surface area contributed by atoms with Gasteiger partial charge < -0.3 is 25.0 Å². The van der Waals surface area contributed by atoms with Gasteiger partial charge in [-0.3, -0.25) is 4.79 Å². The molecule has 0 bridgehead atoms. The number of halogens is 1. The normalized spacial score (nSPS) is 26.1. The van der Waals surface area contributed by atoms with E-state index in [2.05, 4.69) is 5.32 Å². The maximum atomic E-state index is 13.5. The minimum absolute atomic E-state index is 0.0186. The van der Waals surface area contributed by atoms with Crippen molar-refractivity contribution in [2.45, 2.75) is 18.2 Å². The van der Waals surface area contributed by atoms with Crippen LogP contribution in [0.4, 0.5) is 4.39 Å². The Kier molecular flexibility index (Phi) is 4.53. The number of hydrogen-bond acceptors (Lipinski definition) is 5. The number of methoxy groups -OCH3 is 1. The molecule has 2 rings (SSSR count). The topological polar surface area (TPSA) is 88.0 Å². The molecule has 0 spiro atoms. The fraction of sp³-hybridized carbons (Fsp3) is 0.462. The second-order valence-electron chi connectivity index (χ2n) is 4.52. The molecule has 110 valence electrons. The molecular weight excluding hydrogens is 269 g/mol. The molecule has 1 aromatic carbocycles. The molecule has 0 radical (unpaired) electrons. The summed E-state index contributed by atoms with van der Waals surface area (Å²) >= 11 is 0. The number of ether oxygens (including phenoxy) is 2. The van der Waals surface area contributed by atoms with Crippen molar-refractivity contribution in [3.05, 3.63) is 29.6 Å². The largest absolute Gasteiger partial charge is 0.494 e. The Hall–Kier alpha value is -1.70. The van der Waals surface area contributed by atoms with Crippen LogP contribution in [0, 0.1) is 5.82 Å². The van der Waals surface area contributed by atoms with Gasteiger partial charge in [-0.05, 0) is 18.2 Å². The number of aliphatic hydroxyl groups is 2. The van der Waals surface area contributed by atoms with Crippen LogP contribution in [0.2, 0.25) is 0 Å². The molecule has 0 aromatic heterocycles. The van der Waals surface area contributed by atoms with E-state index in [1.807, 2.05) is 0 Å². The van der Waals surface area contributed by atoms with E-state index in [-0.39, 0.29) is 24.5 Å². The zero-order chi connectivity index (χ0) is 14.7. The highest BCUT2D eigenvalue weighted by atomic mass is 19.1. The van der Waals surface area contributed by atoms with Crippen molar-refractivity contribution < 1.29 is 28.9 Å². The van der Waals surface area contributed by atoms with Crippen LogP contribution in [-0.2, 0) is 4.74 Å². The van der Waals surface area contributed by atoms with E-state index in [4.69, 9.17) is 9.47 Å².